The second-order valence-corrected chi connectivity index (χ2v) is 11.0. The Morgan fingerprint density at radius 1 is 1.30 bits per heavy atom. The van der Waals surface area contributed by atoms with E-state index in [0.717, 1.165) is 6.07 Å². The lowest BCUT2D eigenvalue weighted by Crippen LogP contribution is -2.49. The predicted octanol–water partition coefficient (Wildman–Crippen LogP) is 1.94. The van der Waals surface area contributed by atoms with Crippen LogP contribution in [0.4, 0.5) is 13.2 Å². The van der Waals surface area contributed by atoms with Crippen molar-refractivity contribution in [1.29, 1.82) is 0 Å². The van der Waals surface area contributed by atoms with Crippen LogP contribution in [-0.4, -0.2) is 54.9 Å². The van der Waals surface area contributed by atoms with Crippen molar-refractivity contribution in [3.8, 4) is 5.75 Å². The van der Waals surface area contributed by atoms with E-state index in [9.17, 15) is 36.0 Å². The van der Waals surface area contributed by atoms with E-state index in [1.807, 2.05) is 22.6 Å². The highest BCUT2D eigenvalue weighted by Crippen LogP contribution is 2.58. The molecule has 1 aromatic carbocycles. The van der Waals surface area contributed by atoms with Crippen LogP contribution in [0, 0.1) is 27.2 Å². The molecule has 6 unspecified atom stereocenters. The number of alkyl halides is 3. The van der Waals surface area contributed by atoms with E-state index in [4.69, 9.17) is 14.0 Å². The minimum absolute atomic E-state index is 0.0293. The zero-order valence-corrected chi connectivity index (χ0v) is 19.5. The normalized spacial score (nSPS) is 29.0. The molecule has 14 heteroatoms. The number of hydrogen-bond donors (Lipinski definition) is 2. The van der Waals surface area contributed by atoms with E-state index in [1.165, 1.54) is 17.4 Å². The van der Waals surface area contributed by atoms with Gasteiger partial charge in [-0.1, -0.05) is 0 Å². The van der Waals surface area contributed by atoms with Crippen LogP contribution >= 0.6 is 22.6 Å². The topological polar surface area (TPSA) is 136 Å². The molecule has 0 radical (unpaired) electrons. The van der Waals surface area contributed by atoms with Gasteiger partial charge in [0.15, 0.2) is 0 Å². The molecule has 1 heterocycles. The Balaban J connectivity index is 1.50. The molecule has 2 bridgehead atoms. The molecule has 1 aliphatic heterocycles. The molecule has 1 amide bonds. The van der Waals surface area contributed by atoms with Crippen molar-refractivity contribution in [2.75, 3.05) is 5.75 Å². The second kappa shape index (κ2) is 8.37. The van der Waals surface area contributed by atoms with Gasteiger partial charge in [0.05, 0.1) is 15.4 Å². The first-order valence-electron chi connectivity index (χ1n) is 9.79. The minimum atomic E-state index is -5.14. The van der Waals surface area contributed by atoms with Crippen LogP contribution in [0.2, 0.25) is 0 Å². The molecule has 3 aliphatic rings. The lowest BCUT2D eigenvalue weighted by atomic mass is 9.80. The van der Waals surface area contributed by atoms with Crippen molar-refractivity contribution in [2.45, 2.75) is 31.2 Å². The Kier molecular flexibility index (Phi) is 6.14. The number of hydrogen-bond acceptors (Lipinski definition) is 7. The van der Waals surface area contributed by atoms with E-state index < -0.39 is 57.8 Å². The summed E-state index contributed by atoms with van der Waals surface area (Å²) in [5, 5.41) is 1.53. The summed E-state index contributed by atoms with van der Waals surface area (Å²) >= 11 is 1.81. The molecule has 4 rings (SSSR count). The first kappa shape index (κ1) is 24.2. The molecule has 180 valence electrons. The summed E-state index contributed by atoms with van der Waals surface area (Å²) in [6.07, 6.45) is -4.07. The van der Waals surface area contributed by atoms with E-state index in [-0.39, 0.29) is 29.3 Å². The highest BCUT2D eigenvalue weighted by Gasteiger charge is 2.64. The molecule has 9 nitrogen and oxygen atoms in total. The van der Waals surface area contributed by atoms with Gasteiger partial charge < -0.3 is 14.8 Å². The van der Waals surface area contributed by atoms with E-state index >= 15 is 0 Å². The average molecular weight is 603 g/mol. The van der Waals surface area contributed by atoms with Crippen LogP contribution in [0.3, 0.4) is 0 Å². The predicted molar refractivity (Wildman–Crippen MR) is 112 cm³/mol. The Morgan fingerprint density at radius 3 is 2.64 bits per heavy atom. The smallest absolute Gasteiger partial charge is 0.409 e. The van der Waals surface area contributed by atoms with Crippen LogP contribution < -0.4 is 10.1 Å². The van der Waals surface area contributed by atoms with E-state index in [0.29, 0.717) is 16.4 Å². The molecule has 2 N–H and O–H groups in total. The van der Waals surface area contributed by atoms with Gasteiger partial charge in [0.1, 0.15) is 23.6 Å². The maximum atomic E-state index is 13.1. The number of halogens is 4. The number of ether oxygens (including phenoxy) is 2. The molecule has 1 aromatic rings. The van der Waals surface area contributed by atoms with Gasteiger partial charge in [-0.15, -0.1) is 0 Å². The van der Waals surface area contributed by atoms with Crippen molar-refractivity contribution in [1.82, 2.24) is 5.32 Å². The SMILES string of the molecule is O=C(NC(CS(=O)(=O)O)C(F)(F)F)c1ccc(I)c(OC(=O)C2C3CC4OC(=O)C2C4C3)c1. The Morgan fingerprint density at radius 2 is 2.00 bits per heavy atom. The van der Waals surface area contributed by atoms with Crippen LogP contribution in [-0.2, 0) is 24.4 Å². The van der Waals surface area contributed by atoms with Gasteiger partial charge in [0.2, 0.25) is 0 Å². The van der Waals surface area contributed by atoms with Gasteiger partial charge in [0, 0.05) is 11.5 Å². The molecular formula is C19H17F3INO8S. The number of rotatable bonds is 6. The zero-order chi connectivity index (χ0) is 24.3. The number of carbonyl (C=O) groups is 3. The summed E-state index contributed by atoms with van der Waals surface area (Å²) in [6.45, 7) is 0. The van der Waals surface area contributed by atoms with Gasteiger partial charge >= 0.3 is 18.1 Å². The molecule has 0 aromatic heterocycles. The fraction of sp³-hybridized carbons (Fsp3) is 0.526. The lowest BCUT2D eigenvalue weighted by Gasteiger charge is -2.23. The standard InChI is InChI=1S/C19H17F3INO8S/c20-19(21,22)13(6-33(28,29)30)24-16(25)7-1-2-10(23)12(4-7)32-17(26)14-8-3-9-11(5-8)31-18(27)15(9)14/h1-2,4,8-9,11,13-15H,3,5-6H2,(H,24,25)(H,28,29,30). The van der Waals surface area contributed by atoms with Crippen molar-refractivity contribution >= 4 is 50.6 Å². The van der Waals surface area contributed by atoms with Crippen molar-refractivity contribution in [3.63, 3.8) is 0 Å². The number of benzene rings is 1. The summed E-state index contributed by atoms with van der Waals surface area (Å²) in [5.41, 5.74) is -0.323. The monoisotopic (exact) mass is 603 g/mol. The van der Waals surface area contributed by atoms with E-state index in [2.05, 4.69) is 0 Å². The molecule has 1 saturated heterocycles. The molecule has 33 heavy (non-hydrogen) atoms. The molecular weight excluding hydrogens is 586 g/mol. The summed E-state index contributed by atoms with van der Waals surface area (Å²) in [4.78, 5) is 37.3. The van der Waals surface area contributed by atoms with Gasteiger partial charge in [-0.3, -0.25) is 18.9 Å². The maximum absolute atomic E-state index is 13.1. The summed E-state index contributed by atoms with van der Waals surface area (Å²) in [5.74, 6) is -5.62. The molecule has 2 aliphatic carbocycles. The number of carbonyl (C=O) groups excluding carboxylic acids is 3. The Labute approximate surface area is 199 Å². The van der Waals surface area contributed by atoms with Gasteiger partial charge in [-0.25, -0.2) is 0 Å². The third kappa shape index (κ3) is 4.82. The quantitative estimate of drug-likeness (QED) is 0.218. The first-order valence-corrected chi connectivity index (χ1v) is 12.5. The second-order valence-electron chi connectivity index (χ2n) is 8.30. The third-order valence-electron chi connectivity index (χ3n) is 6.24. The van der Waals surface area contributed by atoms with Crippen molar-refractivity contribution in [3.05, 3.63) is 27.3 Å². The van der Waals surface area contributed by atoms with Crippen molar-refractivity contribution in [2.24, 2.45) is 23.7 Å². The largest absolute Gasteiger partial charge is 0.462 e. The Hall–Kier alpha value is -1.94. The first-order chi connectivity index (χ1) is 15.2. The highest BCUT2D eigenvalue weighted by molar-refractivity contribution is 14.1. The Bertz CT molecular complexity index is 1120. The summed E-state index contributed by atoms with van der Waals surface area (Å²) in [7, 11) is -5.03. The maximum Gasteiger partial charge on any atom is 0.409 e. The molecule has 2 saturated carbocycles. The fourth-order valence-electron chi connectivity index (χ4n) is 4.89. The van der Waals surface area contributed by atoms with Gasteiger partial charge in [-0.05, 0) is 59.5 Å². The highest BCUT2D eigenvalue weighted by atomic mass is 127. The molecule has 0 spiro atoms. The fourth-order valence-corrected chi connectivity index (χ4v) is 6.03. The molecule has 6 atom stereocenters. The third-order valence-corrected chi connectivity index (χ3v) is 7.88. The lowest BCUT2D eigenvalue weighted by molar-refractivity contribution is -0.149. The van der Waals surface area contributed by atoms with Crippen LogP contribution in [0.1, 0.15) is 23.2 Å². The van der Waals surface area contributed by atoms with Crippen LogP contribution in [0.15, 0.2) is 18.2 Å². The minimum Gasteiger partial charge on any atom is -0.462 e. The van der Waals surface area contributed by atoms with Crippen LogP contribution in [0.25, 0.3) is 0 Å². The molecule has 3 fully saturated rings. The average Bonchev–Trinajstić information content (AvgIpc) is 3.29. The number of esters is 2. The van der Waals surface area contributed by atoms with Crippen molar-refractivity contribution < 1.29 is 50.0 Å². The summed E-state index contributed by atoms with van der Waals surface area (Å²) < 4.78 is 80.9. The van der Waals surface area contributed by atoms with Gasteiger partial charge in [-0.2, -0.15) is 21.6 Å². The zero-order valence-electron chi connectivity index (χ0n) is 16.5. The van der Waals surface area contributed by atoms with Crippen LogP contribution in [0.5, 0.6) is 5.75 Å². The number of amides is 1. The van der Waals surface area contributed by atoms with E-state index in [1.54, 1.807) is 0 Å². The number of nitrogens with one attached hydrogen (secondary N) is 1. The summed E-state index contributed by atoms with van der Waals surface area (Å²) in [6, 6.07) is 0.718. The van der Waals surface area contributed by atoms with Gasteiger partial charge in [0.25, 0.3) is 16.0 Å². The number of fused-ring (bicyclic) bond motifs is 1.